The Morgan fingerprint density at radius 3 is 2.16 bits per heavy atom. The third-order valence-corrected chi connectivity index (χ3v) is 6.53. The fraction of sp³-hybridized carbons (Fsp3) is 0.393. The lowest BCUT2D eigenvalue weighted by atomic mass is 9.95. The Balaban J connectivity index is 1.77. The van der Waals surface area contributed by atoms with Gasteiger partial charge < -0.3 is 26.0 Å². The quantitative estimate of drug-likeness (QED) is 0.161. The van der Waals surface area contributed by atoms with Crippen LogP contribution in [0.2, 0.25) is 0 Å². The number of rotatable bonds is 12. The molecule has 0 radical (unpaired) electrons. The lowest BCUT2D eigenvalue weighted by Gasteiger charge is -2.25. The Bertz CT molecular complexity index is 1430. The van der Waals surface area contributed by atoms with Gasteiger partial charge in [-0.1, -0.05) is 13.8 Å². The summed E-state index contributed by atoms with van der Waals surface area (Å²) >= 11 is 0. The van der Waals surface area contributed by atoms with Crippen LogP contribution in [0, 0.1) is 46.7 Å². The van der Waals surface area contributed by atoms with E-state index in [-0.39, 0.29) is 37.8 Å². The number of Topliss-reactive ketones (excluding diaryl/α,β-unsaturated/α-hetero) is 1. The number of hydrogen-bond acceptors (Lipinski definition) is 6. The molecule has 2 aromatic rings. The summed E-state index contributed by atoms with van der Waals surface area (Å²) in [6, 6.07) is -0.938. The van der Waals surface area contributed by atoms with Crippen LogP contribution < -0.4 is 26.0 Å². The first-order valence-electron chi connectivity index (χ1n) is 13.3. The Morgan fingerprint density at radius 2 is 1.57 bits per heavy atom. The van der Waals surface area contributed by atoms with Gasteiger partial charge >= 0.3 is 11.8 Å². The van der Waals surface area contributed by atoms with Crippen molar-refractivity contribution in [1.82, 2.24) is 16.0 Å². The monoisotopic (exact) mass is 630 g/mol. The zero-order valence-corrected chi connectivity index (χ0v) is 23.4. The van der Waals surface area contributed by atoms with E-state index >= 15 is 0 Å². The van der Waals surface area contributed by atoms with Gasteiger partial charge in [-0.25, -0.2) is 17.6 Å². The molecule has 3 atom stereocenters. The van der Waals surface area contributed by atoms with Crippen molar-refractivity contribution in [3.63, 3.8) is 0 Å². The Kier molecular flexibility index (Phi) is 11.3. The summed E-state index contributed by atoms with van der Waals surface area (Å²) in [5.74, 6) is -17.2. The third-order valence-electron chi connectivity index (χ3n) is 6.53. The number of nitrogens with one attached hydrogen (secondary N) is 4. The van der Waals surface area contributed by atoms with Crippen LogP contribution in [-0.4, -0.2) is 54.6 Å². The molecule has 0 saturated carbocycles. The maximum Gasteiger partial charge on any atom is 0.313 e. The molecule has 0 aromatic heterocycles. The second kappa shape index (κ2) is 14.7. The molecule has 44 heavy (non-hydrogen) atoms. The van der Waals surface area contributed by atoms with E-state index in [9.17, 15) is 50.3 Å². The Labute approximate surface area is 246 Å². The van der Waals surface area contributed by atoms with Gasteiger partial charge in [0.2, 0.25) is 23.4 Å². The molecule has 1 aliphatic rings. The van der Waals surface area contributed by atoms with Crippen LogP contribution in [0.1, 0.15) is 33.1 Å². The van der Waals surface area contributed by atoms with Crippen molar-refractivity contribution in [2.24, 2.45) is 11.8 Å². The molecule has 4 amide bonds. The van der Waals surface area contributed by atoms with E-state index in [0.29, 0.717) is 6.07 Å². The number of amides is 4. The second-order valence-corrected chi connectivity index (χ2v) is 10.4. The van der Waals surface area contributed by atoms with Gasteiger partial charge in [0, 0.05) is 24.6 Å². The van der Waals surface area contributed by atoms with Crippen molar-refractivity contribution >= 4 is 35.1 Å². The van der Waals surface area contributed by atoms with Gasteiger partial charge in [0.25, 0.3) is 0 Å². The predicted molar refractivity (Wildman–Crippen MR) is 141 cm³/mol. The molecule has 0 bridgehead atoms. The molecule has 10 nitrogen and oxygen atoms in total. The number of anilines is 1. The van der Waals surface area contributed by atoms with Gasteiger partial charge in [-0.05, 0) is 37.3 Å². The van der Waals surface area contributed by atoms with Crippen LogP contribution in [0.25, 0.3) is 0 Å². The van der Waals surface area contributed by atoms with E-state index in [4.69, 9.17) is 4.74 Å². The fourth-order valence-corrected chi connectivity index (χ4v) is 4.32. The van der Waals surface area contributed by atoms with Gasteiger partial charge in [-0.3, -0.25) is 24.0 Å². The molecule has 4 N–H and O–H groups in total. The van der Waals surface area contributed by atoms with Crippen LogP contribution in [-0.2, 0) is 24.0 Å². The van der Waals surface area contributed by atoms with Crippen molar-refractivity contribution < 1.29 is 55.1 Å². The lowest BCUT2D eigenvalue weighted by Crippen LogP contribution is -2.54. The maximum atomic E-state index is 14.0. The Hall–Kier alpha value is -4.63. The fourth-order valence-electron chi connectivity index (χ4n) is 4.32. The van der Waals surface area contributed by atoms with Gasteiger partial charge in [0.1, 0.15) is 24.3 Å². The van der Waals surface area contributed by atoms with Crippen LogP contribution in [0.5, 0.6) is 5.75 Å². The van der Waals surface area contributed by atoms with E-state index < -0.39 is 100 Å². The minimum Gasteiger partial charge on any atom is -0.479 e. The minimum absolute atomic E-state index is 0.0564. The third kappa shape index (κ3) is 8.70. The number of benzene rings is 2. The van der Waals surface area contributed by atoms with E-state index in [1.54, 1.807) is 13.8 Å². The predicted octanol–water partition coefficient (Wildman–Crippen LogP) is 2.65. The molecular weight excluding hydrogens is 602 g/mol. The average Bonchev–Trinajstić information content (AvgIpc) is 3.36. The summed E-state index contributed by atoms with van der Waals surface area (Å²) in [7, 11) is 0. The van der Waals surface area contributed by atoms with Gasteiger partial charge in [-0.15, -0.1) is 0 Å². The summed E-state index contributed by atoms with van der Waals surface area (Å²) in [5, 5.41) is 8.90. The summed E-state index contributed by atoms with van der Waals surface area (Å²) in [5.41, 5.74) is -0.637. The SMILES string of the molecule is CC(C)C[C@H](NC(=O)C(=O)Nc1cc(F)ccc1F)C(=O)N[C@@H](C[C@@H]1CCNC1=O)C(=O)COc1c(F)c(F)cc(F)c1F. The second-order valence-electron chi connectivity index (χ2n) is 10.4. The highest BCUT2D eigenvalue weighted by atomic mass is 19.2. The molecule has 0 aliphatic carbocycles. The summed E-state index contributed by atoms with van der Waals surface area (Å²) in [6.07, 6.45) is -0.135. The van der Waals surface area contributed by atoms with Crippen molar-refractivity contribution in [3.8, 4) is 5.75 Å². The van der Waals surface area contributed by atoms with E-state index in [1.807, 2.05) is 5.32 Å². The van der Waals surface area contributed by atoms with Gasteiger partial charge in [0.15, 0.2) is 23.2 Å². The highest BCUT2D eigenvalue weighted by Gasteiger charge is 2.34. The largest absolute Gasteiger partial charge is 0.479 e. The molecule has 2 aromatic carbocycles. The summed E-state index contributed by atoms with van der Waals surface area (Å²) in [4.78, 5) is 63.4. The average molecular weight is 631 g/mol. The van der Waals surface area contributed by atoms with E-state index in [1.165, 1.54) is 0 Å². The number of ketones is 1. The normalized spacial score (nSPS) is 15.8. The van der Waals surface area contributed by atoms with Crippen LogP contribution in [0.3, 0.4) is 0 Å². The number of carbonyl (C=O) groups is 5. The molecule has 1 heterocycles. The lowest BCUT2D eigenvalue weighted by molar-refractivity contribution is -0.138. The molecule has 238 valence electrons. The van der Waals surface area contributed by atoms with Crippen molar-refractivity contribution in [3.05, 3.63) is 59.2 Å². The first kappa shape index (κ1) is 33.9. The number of carbonyl (C=O) groups excluding carboxylic acids is 5. The smallest absolute Gasteiger partial charge is 0.313 e. The van der Waals surface area contributed by atoms with Crippen molar-refractivity contribution in [1.29, 1.82) is 0 Å². The van der Waals surface area contributed by atoms with E-state index in [0.717, 1.165) is 12.1 Å². The molecule has 1 saturated heterocycles. The standard InChI is InChI=1S/C28H28F6N4O6/c1-12(2)7-20(38-28(43)27(42)36-18-9-14(29)3-4-15(18)30)26(41)37-19(8-13-5-6-35-25(13)40)21(39)11-44-24-22(33)16(31)10-17(32)23(24)34/h3-4,9-10,12-13,19-20H,5-8,11H2,1-2H3,(H,35,40)(H,36,42)(H,37,41)(H,38,43)/t13-,19-,20-/m0/s1. The zero-order valence-electron chi connectivity index (χ0n) is 23.4. The highest BCUT2D eigenvalue weighted by Crippen LogP contribution is 2.27. The van der Waals surface area contributed by atoms with Crippen LogP contribution in [0.4, 0.5) is 32.0 Å². The molecule has 0 unspecified atom stereocenters. The molecule has 1 fully saturated rings. The van der Waals surface area contributed by atoms with Crippen molar-refractivity contribution in [2.75, 3.05) is 18.5 Å². The number of hydrogen-bond donors (Lipinski definition) is 4. The number of halogens is 6. The molecule has 1 aliphatic heterocycles. The van der Waals surface area contributed by atoms with E-state index in [2.05, 4.69) is 16.0 Å². The summed E-state index contributed by atoms with van der Waals surface area (Å²) in [6.45, 7) is 2.41. The summed E-state index contributed by atoms with van der Waals surface area (Å²) < 4.78 is 87.2. The number of ether oxygens (including phenoxy) is 1. The molecular formula is C28H28F6N4O6. The molecule has 0 spiro atoms. The molecule has 16 heteroatoms. The first-order valence-corrected chi connectivity index (χ1v) is 13.3. The highest BCUT2D eigenvalue weighted by molar-refractivity contribution is 6.40. The zero-order chi connectivity index (χ0) is 32.7. The van der Waals surface area contributed by atoms with Gasteiger partial charge in [-0.2, -0.15) is 8.78 Å². The topological polar surface area (TPSA) is 143 Å². The van der Waals surface area contributed by atoms with Crippen molar-refractivity contribution in [2.45, 2.75) is 45.2 Å². The Morgan fingerprint density at radius 1 is 0.909 bits per heavy atom. The maximum absolute atomic E-state index is 14.0. The van der Waals surface area contributed by atoms with Gasteiger partial charge in [0.05, 0.1) is 11.7 Å². The van der Waals surface area contributed by atoms with Crippen LogP contribution in [0.15, 0.2) is 24.3 Å². The first-order chi connectivity index (χ1) is 20.7. The molecule has 3 rings (SSSR count). The minimum atomic E-state index is -1.90. The van der Waals surface area contributed by atoms with Crippen LogP contribution >= 0.6 is 0 Å².